The Bertz CT molecular complexity index is 390. The van der Waals surface area contributed by atoms with Gasteiger partial charge in [-0.15, -0.1) is 0 Å². The Balaban J connectivity index is 1.87. The standard InChI is InChI=1S/C15H27N5/c1-3-11-5-7-12(8-6-11)10-17-14-9-15(20-16)19-13(4-2)18-14/h9,11-12H,3-8,10,16H2,1-2H3,(H2,17,18,19,20). The number of rotatable bonds is 6. The molecule has 0 aliphatic heterocycles. The third-order valence-corrected chi connectivity index (χ3v) is 4.35. The fourth-order valence-corrected chi connectivity index (χ4v) is 2.91. The number of hydrogen-bond donors (Lipinski definition) is 3. The van der Waals surface area contributed by atoms with Crippen molar-refractivity contribution < 1.29 is 0 Å². The highest BCUT2D eigenvalue weighted by atomic mass is 15.3. The topological polar surface area (TPSA) is 75.9 Å². The molecule has 4 N–H and O–H groups in total. The molecule has 2 rings (SSSR count). The molecule has 0 atom stereocenters. The summed E-state index contributed by atoms with van der Waals surface area (Å²) in [6, 6.07) is 1.87. The number of nitrogens with one attached hydrogen (secondary N) is 2. The summed E-state index contributed by atoms with van der Waals surface area (Å²) < 4.78 is 0. The van der Waals surface area contributed by atoms with E-state index in [9.17, 15) is 0 Å². The van der Waals surface area contributed by atoms with Gasteiger partial charge >= 0.3 is 0 Å². The van der Waals surface area contributed by atoms with Gasteiger partial charge in [0.1, 0.15) is 17.5 Å². The van der Waals surface area contributed by atoms with E-state index in [1.165, 1.54) is 32.1 Å². The quantitative estimate of drug-likeness (QED) is 0.550. The molecule has 0 radical (unpaired) electrons. The van der Waals surface area contributed by atoms with Crippen molar-refractivity contribution in [1.82, 2.24) is 9.97 Å². The van der Waals surface area contributed by atoms with Crippen molar-refractivity contribution in [3.05, 3.63) is 11.9 Å². The van der Waals surface area contributed by atoms with Crippen LogP contribution in [0.2, 0.25) is 0 Å². The molecule has 1 saturated carbocycles. The van der Waals surface area contributed by atoms with Gasteiger partial charge in [-0.2, -0.15) is 0 Å². The van der Waals surface area contributed by atoms with Crippen LogP contribution < -0.4 is 16.6 Å². The number of anilines is 2. The zero-order valence-electron chi connectivity index (χ0n) is 12.7. The minimum absolute atomic E-state index is 0.675. The minimum Gasteiger partial charge on any atom is -0.370 e. The van der Waals surface area contributed by atoms with Crippen molar-refractivity contribution in [3.63, 3.8) is 0 Å². The van der Waals surface area contributed by atoms with Gasteiger partial charge in [-0.05, 0) is 24.7 Å². The largest absolute Gasteiger partial charge is 0.370 e. The molecule has 0 unspecified atom stereocenters. The molecule has 0 amide bonds. The predicted molar refractivity (Wildman–Crippen MR) is 83.4 cm³/mol. The normalized spacial score (nSPS) is 22.6. The Labute approximate surface area is 121 Å². The Kier molecular flexibility index (Phi) is 5.59. The van der Waals surface area contributed by atoms with E-state index < -0.39 is 0 Å². The first-order valence-corrected chi connectivity index (χ1v) is 7.83. The first kappa shape index (κ1) is 15.0. The van der Waals surface area contributed by atoms with Crippen LogP contribution in [0.4, 0.5) is 11.6 Å². The lowest BCUT2D eigenvalue weighted by molar-refractivity contribution is 0.278. The molecule has 0 bridgehead atoms. The van der Waals surface area contributed by atoms with E-state index in [1.807, 2.05) is 13.0 Å². The summed E-state index contributed by atoms with van der Waals surface area (Å²) in [5, 5.41) is 3.45. The monoisotopic (exact) mass is 277 g/mol. The third-order valence-electron chi connectivity index (χ3n) is 4.35. The SMILES string of the molecule is CCc1nc(NN)cc(NCC2CCC(CC)CC2)n1. The maximum atomic E-state index is 5.44. The van der Waals surface area contributed by atoms with E-state index in [-0.39, 0.29) is 0 Å². The lowest BCUT2D eigenvalue weighted by atomic mass is 9.81. The highest BCUT2D eigenvalue weighted by Crippen LogP contribution is 2.30. The summed E-state index contributed by atoms with van der Waals surface area (Å²) in [6.45, 7) is 5.35. The Morgan fingerprint density at radius 3 is 2.35 bits per heavy atom. The fourth-order valence-electron chi connectivity index (χ4n) is 2.91. The number of aryl methyl sites for hydroxylation is 1. The summed E-state index contributed by atoms with van der Waals surface area (Å²) in [5.41, 5.74) is 2.60. The van der Waals surface area contributed by atoms with Crippen LogP contribution in [0.25, 0.3) is 0 Å². The molecule has 20 heavy (non-hydrogen) atoms. The van der Waals surface area contributed by atoms with E-state index in [0.717, 1.165) is 36.4 Å². The molecule has 1 aliphatic rings. The van der Waals surface area contributed by atoms with Crippen molar-refractivity contribution in [3.8, 4) is 0 Å². The molecule has 1 aliphatic carbocycles. The first-order valence-electron chi connectivity index (χ1n) is 7.83. The van der Waals surface area contributed by atoms with Crippen LogP contribution >= 0.6 is 0 Å². The summed E-state index contributed by atoms with van der Waals surface area (Å²) in [6.07, 6.45) is 7.56. The molecule has 1 aromatic rings. The van der Waals surface area contributed by atoms with E-state index in [1.54, 1.807) is 0 Å². The Morgan fingerprint density at radius 2 is 1.75 bits per heavy atom. The van der Waals surface area contributed by atoms with Gasteiger partial charge in [0.25, 0.3) is 0 Å². The highest BCUT2D eigenvalue weighted by molar-refractivity contribution is 5.46. The van der Waals surface area contributed by atoms with Crippen LogP contribution in [-0.4, -0.2) is 16.5 Å². The van der Waals surface area contributed by atoms with Crippen LogP contribution in [0.1, 0.15) is 51.8 Å². The number of hydrazine groups is 1. The molecular formula is C15H27N5. The van der Waals surface area contributed by atoms with Crippen LogP contribution in [0.15, 0.2) is 6.07 Å². The number of aromatic nitrogens is 2. The first-order chi connectivity index (χ1) is 9.75. The van der Waals surface area contributed by atoms with E-state index in [0.29, 0.717) is 5.82 Å². The van der Waals surface area contributed by atoms with E-state index >= 15 is 0 Å². The summed E-state index contributed by atoms with van der Waals surface area (Å²) in [4.78, 5) is 8.80. The maximum absolute atomic E-state index is 5.44. The highest BCUT2D eigenvalue weighted by Gasteiger charge is 2.19. The van der Waals surface area contributed by atoms with Crippen molar-refractivity contribution in [1.29, 1.82) is 0 Å². The molecule has 0 saturated heterocycles. The van der Waals surface area contributed by atoms with Crippen LogP contribution in [-0.2, 0) is 6.42 Å². The summed E-state index contributed by atoms with van der Waals surface area (Å²) >= 11 is 0. The van der Waals surface area contributed by atoms with E-state index in [4.69, 9.17) is 5.84 Å². The number of nitrogens with two attached hydrogens (primary N) is 1. The van der Waals surface area contributed by atoms with Crippen molar-refractivity contribution in [2.45, 2.75) is 52.4 Å². The molecule has 1 aromatic heterocycles. The van der Waals surface area contributed by atoms with Gasteiger partial charge in [-0.25, -0.2) is 15.8 Å². The zero-order valence-corrected chi connectivity index (χ0v) is 12.7. The van der Waals surface area contributed by atoms with Crippen molar-refractivity contribution in [2.75, 3.05) is 17.3 Å². The molecule has 0 spiro atoms. The molecule has 1 heterocycles. The second-order valence-corrected chi connectivity index (χ2v) is 5.73. The zero-order chi connectivity index (χ0) is 14.4. The van der Waals surface area contributed by atoms with Gasteiger partial charge in [0.15, 0.2) is 0 Å². The average Bonchev–Trinajstić information content (AvgIpc) is 2.53. The van der Waals surface area contributed by atoms with Crippen molar-refractivity contribution in [2.24, 2.45) is 17.7 Å². The maximum Gasteiger partial charge on any atom is 0.145 e. The predicted octanol–water partition coefficient (Wildman–Crippen LogP) is 2.95. The van der Waals surface area contributed by atoms with Gasteiger partial charge in [0.05, 0.1) is 0 Å². The summed E-state index contributed by atoms with van der Waals surface area (Å²) in [7, 11) is 0. The minimum atomic E-state index is 0.675. The molecule has 5 heteroatoms. The smallest absolute Gasteiger partial charge is 0.145 e. The van der Waals surface area contributed by atoms with Gasteiger partial charge in [0.2, 0.25) is 0 Å². The molecular weight excluding hydrogens is 250 g/mol. The fraction of sp³-hybridized carbons (Fsp3) is 0.733. The molecule has 1 fully saturated rings. The number of nitrogen functional groups attached to an aromatic ring is 1. The van der Waals surface area contributed by atoms with Gasteiger partial charge in [-0.3, -0.25) is 0 Å². The summed E-state index contributed by atoms with van der Waals surface area (Å²) in [5.74, 6) is 9.53. The lowest BCUT2D eigenvalue weighted by Gasteiger charge is -2.28. The van der Waals surface area contributed by atoms with Crippen LogP contribution in [0.5, 0.6) is 0 Å². The second kappa shape index (κ2) is 7.43. The average molecular weight is 277 g/mol. The second-order valence-electron chi connectivity index (χ2n) is 5.73. The van der Waals surface area contributed by atoms with Crippen LogP contribution in [0, 0.1) is 11.8 Å². The van der Waals surface area contributed by atoms with E-state index in [2.05, 4.69) is 27.6 Å². The van der Waals surface area contributed by atoms with Gasteiger partial charge in [0, 0.05) is 19.0 Å². The molecule has 0 aromatic carbocycles. The molecule has 5 nitrogen and oxygen atoms in total. The lowest BCUT2D eigenvalue weighted by Crippen LogP contribution is -2.21. The van der Waals surface area contributed by atoms with Crippen LogP contribution in [0.3, 0.4) is 0 Å². The third kappa shape index (κ3) is 4.07. The number of nitrogens with zero attached hydrogens (tertiary/aromatic N) is 2. The Morgan fingerprint density at radius 1 is 1.10 bits per heavy atom. The van der Waals surface area contributed by atoms with Gasteiger partial charge < -0.3 is 10.7 Å². The number of hydrogen-bond acceptors (Lipinski definition) is 5. The Hall–Kier alpha value is -1.36. The van der Waals surface area contributed by atoms with Crippen molar-refractivity contribution >= 4 is 11.6 Å². The molecule has 112 valence electrons. The van der Waals surface area contributed by atoms with Gasteiger partial charge in [-0.1, -0.05) is 33.1 Å².